The van der Waals surface area contributed by atoms with Crippen LogP contribution < -0.4 is 0 Å². The minimum absolute atomic E-state index is 0.0757. The highest BCUT2D eigenvalue weighted by Crippen LogP contribution is 2.33. The van der Waals surface area contributed by atoms with Crippen molar-refractivity contribution in [3.8, 4) is 0 Å². The normalized spacial score (nSPS) is 14.1. The van der Waals surface area contributed by atoms with Gasteiger partial charge < -0.3 is 14.6 Å². The van der Waals surface area contributed by atoms with Crippen molar-refractivity contribution in [3.63, 3.8) is 0 Å². The molecule has 24 heavy (non-hydrogen) atoms. The molecule has 1 rings (SSSR count). The van der Waals surface area contributed by atoms with Crippen LogP contribution in [0, 0.1) is 12.7 Å². The van der Waals surface area contributed by atoms with Crippen molar-refractivity contribution in [1.29, 1.82) is 0 Å². The molecule has 1 unspecified atom stereocenters. The third kappa shape index (κ3) is 5.00. The van der Waals surface area contributed by atoms with Crippen LogP contribution in [0.3, 0.4) is 0 Å². The van der Waals surface area contributed by atoms with Gasteiger partial charge in [-0.15, -0.1) is 0 Å². The van der Waals surface area contributed by atoms with E-state index in [1.165, 1.54) is 19.1 Å². The predicted molar refractivity (Wildman–Crippen MR) is 90.5 cm³/mol. The van der Waals surface area contributed by atoms with Gasteiger partial charge in [0.1, 0.15) is 5.82 Å². The van der Waals surface area contributed by atoms with Crippen LogP contribution in [0.25, 0.3) is 0 Å². The van der Waals surface area contributed by atoms with Crippen molar-refractivity contribution in [3.05, 3.63) is 34.6 Å². The summed E-state index contributed by atoms with van der Waals surface area (Å²) in [5.74, 6) is -1.74. The minimum atomic E-state index is -1.18. The Kier molecular flexibility index (Phi) is 6.14. The van der Waals surface area contributed by atoms with Gasteiger partial charge in [-0.2, -0.15) is 0 Å². The van der Waals surface area contributed by atoms with Crippen molar-refractivity contribution >= 4 is 5.97 Å². The Labute approximate surface area is 143 Å². The fourth-order valence-electron chi connectivity index (χ4n) is 2.32. The zero-order chi connectivity index (χ0) is 18.9. The number of hydrogen-bond donors (Lipinski definition) is 1. The highest BCUT2D eigenvalue weighted by Gasteiger charge is 2.34. The lowest BCUT2D eigenvalue weighted by Crippen LogP contribution is -2.44. The Hall–Kier alpha value is -1.50. The molecule has 6 heteroatoms. The molecule has 0 spiro atoms. The number of halogens is 1. The summed E-state index contributed by atoms with van der Waals surface area (Å²) in [5, 5.41) is 9.50. The zero-order valence-corrected chi connectivity index (χ0v) is 15.7. The number of aromatic carboxylic acids is 1. The molecule has 1 N–H and O–H groups in total. The molecule has 0 heterocycles. The molecule has 0 aliphatic heterocycles. The summed E-state index contributed by atoms with van der Waals surface area (Å²) in [4.78, 5) is 13.4. The maximum absolute atomic E-state index is 13.8. The van der Waals surface area contributed by atoms with Gasteiger partial charge in [-0.1, -0.05) is 6.07 Å². The number of nitrogens with zero attached hydrogens (tertiary/aromatic N) is 1. The van der Waals surface area contributed by atoms with Gasteiger partial charge in [-0.25, -0.2) is 9.18 Å². The van der Waals surface area contributed by atoms with E-state index in [1.807, 2.05) is 20.8 Å². The standard InChI is InChI=1S/C18H28FNO4/c1-11-13(19)10-9-12(14(11)15(21)22)18(5,6)24-16(20(7)8)23-17(2,3)4/h9-10,16H,1-8H3,(H,21,22). The van der Waals surface area contributed by atoms with Crippen molar-refractivity contribution < 1.29 is 23.8 Å². The zero-order valence-electron chi connectivity index (χ0n) is 15.7. The van der Waals surface area contributed by atoms with Crippen molar-refractivity contribution in [2.24, 2.45) is 0 Å². The average Bonchev–Trinajstić information content (AvgIpc) is 2.38. The summed E-state index contributed by atoms with van der Waals surface area (Å²) in [7, 11) is 3.61. The fourth-order valence-corrected chi connectivity index (χ4v) is 2.32. The molecule has 136 valence electrons. The highest BCUT2D eigenvalue weighted by atomic mass is 19.1. The van der Waals surface area contributed by atoms with E-state index in [1.54, 1.807) is 32.8 Å². The number of rotatable bonds is 6. The van der Waals surface area contributed by atoms with Crippen LogP contribution in [0.15, 0.2) is 12.1 Å². The van der Waals surface area contributed by atoms with Crippen molar-refractivity contribution in [1.82, 2.24) is 4.90 Å². The van der Waals surface area contributed by atoms with Gasteiger partial charge in [-0.05, 0) is 72.8 Å². The maximum atomic E-state index is 13.8. The molecule has 1 aromatic carbocycles. The molecular weight excluding hydrogens is 313 g/mol. The summed E-state index contributed by atoms with van der Waals surface area (Å²) in [5.41, 5.74) is -1.02. The van der Waals surface area contributed by atoms with E-state index in [9.17, 15) is 14.3 Å². The van der Waals surface area contributed by atoms with Gasteiger partial charge in [0.05, 0.1) is 16.8 Å². The molecule has 1 aromatic rings. The first-order chi connectivity index (χ1) is 10.8. The number of hydrogen-bond acceptors (Lipinski definition) is 4. The monoisotopic (exact) mass is 341 g/mol. The molecular formula is C18H28FNO4. The van der Waals surface area contributed by atoms with E-state index in [2.05, 4.69) is 0 Å². The van der Waals surface area contributed by atoms with E-state index < -0.39 is 29.4 Å². The third-order valence-electron chi connectivity index (χ3n) is 3.53. The van der Waals surface area contributed by atoms with Gasteiger partial charge >= 0.3 is 5.97 Å². The van der Waals surface area contributed by atoms with Crippen LogP contribution >= 0.6 is 0 Å². The van der Waals surface area contributed by atoms with Crippen LogP contribution in [-0.2, 0) is 15.1 Å². The molecule has 0 bridgehead atoms. The molecule has 0 radical (unpaired) electrons. The highest BCUT2D eigenvalue weighted by molar-refractivity contribution is 5.91. The first-order valence-electron chi connectivity index (χ1n) is 7.81. The summed E-state index contributed by atoms with van der Waals surface area (Å²) < 4.78 is 25.7. The Morgan fingerprint density at radius 1 is 1.17 bits per heavy atom. The Bertz CT molecular complexity index is 606. The molecule has 5 nitrogen and oxygen atoms in total. The lowest BCUT2D eigenvalue weighted by Gasteiger charge is -2.38. The van der Waals surface area contributed by atoms with E-state index in [0.717, 1.165) is 0 Å². The molecule has 1 atom stereocenters. The Morgan fingerprint density at radius 3 is 2.12 bits per heavy atom. The second kappa shape index (κ2) is 7.17. The van der Waals surface area contributed by atoms with Crippen LogP contribution in [0.2, 0.25) is 0 Å². The van der Waals surface area contributed by atoms with Crippen LogP contribution in [0.4, 0.5) is 4.39 Å². The van der Waals surface area contributed by atoms with Crippen molar-refractivity contribution in [2.45, 2.75) is 59.2 Å². The average molecular weight is 341 g/mol. The lowest BCUT2D eigenvalue weighted by molar-refractivity contribution is -0.291. The smallest absolute Gasteiger partial charge is 0.336 e. The fraction of sp³-hybridized carbons (Fsp3) is 0.611. The molecule has 0 aromatic heterocycles. The maximum Gasteiger partial charge on any atom is 0.336 e. The Balaban J connectivity index is 3.29. The summed E-state index contributed by atoms with van der Waals surface area (Å²) in [6, 6.07) is 2.72. The second-order valence-electron chi connectivity index (χ2n) is 7.53. The Morgan fingerprint density at radius 2 is 1.71 bits per heavy atom. The quantitative estimate of drug-likeness (QED) is 0.799. The molecule has 0 fully saturated rings. The largest absolute Gasteiger partial charge is 0.478 e. The van der Waals surface area contributed by atoms with Gasteiger partial charge in [0.2, 0.25) is 6.41 Å². The molecule has 0 saturated heterocycles. The first-order valence-corrected chi connectivity index (χ1v) is 7.81. The second-order valence-corrected chi connectivity index (χ2v) is 7.53. The number of carboxylic acid groups (broad SMARTS) is 1. The lowest BCUT2D eigenvalue weighted by atomic mass is 9.90. The number of carbonyl (C=O) groups is 1. The number of benzene rings is 1. The summed E-state index contributed by atoms with van der Waals surface area (Å²) in [6.07, 6.45) is -0.688. The number of ether oxygens (including phenoxy) is 2. The van der Waals surface area contributed by atoms with Crippen molar-refractivity contribution in [2.75, 3.05) is 14.1 Å². The number of carboxylic acids is 1. The van der Waals surface area contributed by atoms with Gasteiger partial charge in [-0.3, -0.25) is 4.90 Å². The van der Waals surface area contributed by atoms with E-state index in [-0.39, 0.29) is 11.1 Å². The van der Waals surface area contributed by atoms with Gasteiger partial charge in [0.25, 0.3) is 0 Å². The van der Waals surface area contributed by atoms with E-state index >= 15 is 0 Å². The first kappa shape index (κ1) is 20.5. The summed E-state index contributed by atoms with van der Waals surface area (Å²) >= 11 is 0. The van der Waals surface area contributed by atoms with E-state index in [4.69, 9.17) is 9.47 Å². The topological polar surface area (TPSA) is 59.0 Å². The van der Waals surface area contributed by atoms with Crippen LogP contribution in [0.5, 0.6) is 0 Å². The van der Waals surface area contributed by atoms with Crippen LogP contribution in [0.1, 0.15) is 56.1 Å². The minimum Gasteiger partial charge on any atom is -0.478 e. The van der Waals surface area contributed by atoms with Gasteiger partial charge in [0.15, 0.2) is 0 Å². The molecule has 0 amide bonds. The molecule has 0 aliphatic rings. The van der Waals surface area contributed by atoms with Crippen LogP contribution in [-0.4, -0.2) is 42.1 Å². The predicted octanol–water partition coefficient (Wildman–Crippen LogP) is 3.74. The SMILES string of the molecule is Cc1c(F)ccc(C(C)(C)OC(OC(C)(C)C)N(C)C)c1C(=O)O. The molecule has 0 aliphatic carbocycles. The molecule has 0 saturated carbocycles. The summed E-state index contributed by atoms with van der Waals surface area (Å²) in [6.45, 7) is 10.7. The third-order valence-corrected chi connectivity index (χ3v) is 3.53. The van der Waals surface area contributed by atoms with Gasteiger partial charge in [0, 0.05) is 0 Å². The van der Waals surface area contributed by atoms with E-state index in [0.29, 0.717) is 5.56 Å².